The molecule has 1 aliphatic rings. The van der Waals surface area contributed by atoms with Crippen LogP contribution in [0, 0.1) is 58.5 Å². The second-order valence-electron chi connectivity index (χ2n) is 9.08. The van der Waals surface area contributed by atoms with Crippen LogP contribution in [0.25, 0.3) is 10.8 Å². The van der Waals surface area contributed by atoms with Gasteiger partial charge in [-0.1, -0.05) is 30.1 Å². The maximum Gasteiger partial charge on any atom is 0.195 e. The number of hydrogen-bond donors (Lipinski definition) is 0. The normalized spacial score (nSPS) is 18.0. The highest BCUT2D eigenvalue weighted by Crippen LogP contribution is 2.41. The Labute approximate surface area is 204 Å². The molecule has 0 atom stereocenters. The van der Waals surface area contributed by atoms with E-state index >= 15 is 0 Å². The highest BCUT2D eigenvalue weighted by Gasteiger charge is 2.32. The molecule has 0 bridgehead atoms. The molecule has 1 saturated carbocycles. The molecule has 36 heavy (non-hydrogen) atoms. The second-order valence-corrected chi connectivity index (χ2v) is 9.08. The summed E-state index contributed by atoms with van der Waals surface area (Å²) in [7, 11) is 0. The Morgan fingerprint density at radius 1 is 0.778 bits per heavy atom. The molecule has 0 nitrogen and oxygen atoms in total. The molecule has 0 amide bonds. The maximum absolute atomic E-state index is 14.9. The molecule has 0 aromatic heterocycles. The van der Waals surface area contributed by atoms with Crippen LogP contribution in [0.3, 0.4) is 0 Å². The summed E-state index contributed by atoms with van der Waals surface area (Å²) >= 11 is 0. The van der Waals surface area contributed by atoms with Crippen LogP contribution in [0.15, 0.2) is 36.4 Å². The van der Waals surface area contributed by atoms with Gasteiger partial charge in [-0.2, -0.15) is 0 Å². The SMILES string of the molecule is C/C=C/CCC1CCC(c2c(F)c(F)c(C#Cc3ccc4c(F)c(F)c(F)cc4c3)c(F)c2F)CC1. The minimum atomic E-state index is -1.63. The number of benzene rings is 3. The fraction of sp³-hybridized carbons (Fsp3) is 0.310. The molecule has 0 heterocycles. The van der Waals surface area contributed by atoms with Gasteiger partial charge in [0.1, 0.15) is 5.56 Å². The van der Waals surface area contributed by atoms with Crippen molar-refractivity contribution in [2.45, 2.75) is 51.4 Å². The summed E-state index contributed by atoms with van der Waals surface area (Å²) in [6.45, 7) is 1.94. The zero-order chi connectivity index (χ0) is 26.0. The molecule has 0 saturated heterocycles. The molecule has 1 aliphatic carbocycles. The zero-order valence-electron chi connectivity index (χ0n) is 19.5. The average Bonchev–Trinajstić information content (AvgIpc) is 2.87. The van der Waals surface area contributed by atoms with Crippen LogP contribution in [0.5, 0.6) is 0 Å². The van der Waals surface area contributed by atoms with Gasteiger partial charge in [0.05, 0.1) is 0 Å². The first-order valence-electron chi connectivity index (χ1n) is 11.8. The Balaban J connectivity index is 1.61. The smallest absolute Gasteiger partial charge is 0.195 e. The minimum Gasteiger partial charge on any atom is -0.204 e. The molecule has 7 heteroatoms. The van der Waals surface area contributed by atoms with E-state index in [4.69, 9.17) is 0 Å². The second kappa shape index (κ2) is 10.8. The van der Waals surface area contributed by atoms with Gasteiger partial charge >= 0.3 is 0 Å². The van der Waals surface area contributed by atoms with Crippen molar-refractivity contribution in [2.24, 2.45) is 5.92 Å². The molecule has 3 aromatic carbocycles. The van der Waals surface area contributed by atoms with Gasteiger partial charge in [-0.15, -0.1) is 0 Å². The van der Waals surface area contributed by atoms with E-state index in [1.807, 2.05) is 13.0 Å². The molecule has 0 spiro atoms. The standard InChI is InChI=1S/C29H23F7/c1-2-3-4-5-16-6-10-18(11-7-16)23-28(35)25(32)21(26(33)29(23)36)13-9-17-8-12-20-19(14-17)15-22(30)27(34)24(20)31/h2-3,8,12,14-16,18H,4-7,10-11H2,1H3/b3-2+. The van der Waals surface area contributed by atoms with Gasteiger partial charge in [-0.25, -0.2) is 30.7 Å². The molecule has 188 valence electrons. The first kappa shape index (κ1) is 25.8. The lowest BCUT2D eigenvalue weighted by molar-refractivity contribution is 0.298. The highest BCUT2D eigenvalue weighted by molar-refractivity contribution is 5.84. The Bertz CT molecular complexity index is 1360. The summed E-state index contributed by atoms with van der Waals surface area (Å²) in [5, 5.41) is -0.247. The van der Waals surface area contributed by atoms with E-state index in [0.717, 1.165) is 37.8 Å². The summed E-state index contributed by atoms with van der Waals surface area (Å²) in [4.78, 5) is 0. The highest BCUT2D eigenvalue weighted by atomic mass is 19.2. The van der Waals surface area contributed by atoms with Crippen LogP contribution in [0.2, 0.25) is 0 Å². The van der Waals surface area contributed by atoms with Gasteiger partial charge in [-0.05, 0) is 80.9 Å². The van der Waals surface area contributed by atoms with Gasteiger partial charge in [0, 0.05) is 16.5 Å². The first-order valence-corrected chi connectivity index (χ1v) is 11.8. The summed E-state index contributed by atoms with van der Waals surface area (Å²) in [6, 6.07) is 4.29. The van der Waals surface area contributed by atoms with Crippen molar-refractivity contribution in [3.05, 3.63) is 93.8 Å². The van der Waals surface area contributed by atoms with E-state index in [0.29, 0.717) is 18.8 Å². The number of halogens is 7. The summed E-state index contributed by atoms with van der Waals surface area (Å²) in [5.74, 6) is -6.22. The third-order valence-electron chi connectivity index (χ3n) is 6.83. The quantitative estimate of drug-likeness (QED) is 0.109. The molecule has 0 unspecified atom stereocenters. The Hall–Kier alpha value is -3.27. The Kier molecular flexibility index (Phi) is 7.73. The molecule has 0 N–H and O–H groups in total. The fourth-order valence-electron chi connectivity index (χ4n) is 4.87. The van der Waals surface area contributed by atoms with Crippen molar-refractivity contribution in [1.29, 1.82) is 0 Å². The van der Waals surface area contributed by atoms with E-state index in [1.54, 1.807) is 0 Å². The van der Waals surface area contributed by atoms with Gasteiger partial charge in [0.2, 0.25) is 0 Å². The number of allylic oxidation sites excluding steroid dienone is 2. The third-order valence-corrected chi connectivity index (χ3v) is 6.83. The van der Waals surface area contributed by atoms with E-state index in [-0.39, 0.29) is 16.3 Å². The molecular formula is C29H23F7. The lowest BCUT2D eigenvalue weighted by Crippen LogP contribution is -2.17. The number of rotatable bonds is 4. The van der Waals surface area contributed by atoms with Gasteiger partial charge in [0.25, 0.3) is 0 Å². The fourth-order valence-corrected chi connectivity index (χ4v) is 4.87. The third kappa shape index (κ3) is 5.00. The van der Waals surface area contributed by atoms with E-state index < -0.39 is 57.8 Å². The van der Waals surface area contributed by atoms with Crippen LogP contribution < -0.4 is 0 Å². The van der Waals surface area contributed by atoms with Crippen molar-refractivity contribution < 1.29 is 30.7 Å². The summed E-state index contributed by atoms with van der Waals surface area (Å²) < 4.78 is 100. The van der Waals surface area contributed by atoms with Crippen LogP contribution in [0.1, 0.15) is 68.1 Å². The van der Waals surface area contributed by atoms with Crippen molar-refractivity contribution >= 4 is 10.8 Å². The van der Waals surface area contributed by atoms with Crippen LogP contribution in [0.4, 0.5) is 30.7 Å². The van der Waals surface area contributed by atoms with Gasteiger partial charge in [-0.3, -0.25) is 0 Å². The molecule has 0 radical (unpaired) electrons. The van der Waals surface area contributed by atoms with Crippen LogP contribution in [-0.2, 0) is 0 Å². The number of hydrogen-bond acceptors (Lipinski definition) is 0. The van der Waals surface area contributed by atoms with Crippen LogP contribution >= 0.6 is 0 Å². The van der Waals surface area contributed by atoms with E-state index in [1.165, 1.54) is 12.1 Å². The molecule has 1 fully saturated rings. The molecule has 3 aromatic rings. The lowest BCUT2D eigenvalue weighted by Gasteiger charge is -2.29. The van der Waals surface area contributed by atoms with Crippen LogP contribution in [-0.4, -0.2) is 0 Å². The molecule has 4 rings (SSSR count). The lowest BCUT2D eigenvalue weighted by atomic mass is 9.76. The molecule has 0 aliphatic heterocycles. The van der Waals surface area contributed by atoms with Crippen molar-refractivity contribution in [3.8, 4) is 11.8 Å². The monoisotopic (exact) mass is 504 g/mol. The van der Waals surface area contributed by atoms with E-state index in [2.05, 4.69) is 17.9 Å². The number of fused-ring (bicyclic) bond motifs is 1. The predicted molar refractivity (Wildman–Crippen MR) is 125 cm³/mol. The van der Waals surface area contributed by atoms with Gasteiger partial charge in [0.15, 0.2) is 40.7 Å². The predicted octanol–water partition coefficient (Wildman–Crippen LogP) is 8.84. The summed E-state index contributed by atoms with van der Waals surface area (Å²) in [5.41, 5.74) is -1.58. The molecular weight excluding hydrogens is 481 g/mol. The maximum atomic E-state index is 14.9. The van der Waals surface area contributed by atoms with Crippen molar-refractivity contribution in [1.82, 2.24) is 0 Å². The topological polar surface area (TPSA) is 0 Å². The summed E-state index contributed by atoms with van der Waals surface area (Å²) in [6.07, 6.45) is 8.22. The average molecular weight is 504 g/mol. The Morgan fingerprint density at radius 2 is 1.44 bits per heavy atom. The largest absolute Gasteiger partial charge is 0.204 e. The minimum absolute atomic E-state index is 0.0341. The Morgan fingerprint density at radius 3 is 2.08 bits per heavy atom. The van der Waals surface area contributed by atoms with Crippen molar-refractivity contribution in [2.75, 3.05) is 0 Å². The zero-order valence-corrected chi connectivity index (χ0v) is 19.5. The van der Waals surface area contributed by atoms with Gasteiger partial charge < -0.3 is 0 Å². The first-order chi connectivity index (χ1) is 17.2. The van der Waals surface area contributed by atoms with Crippen molar-refractivity contribution in [3.63, 3.8) is 0 Å². The van der Waals surface area contributed by atoms with E-state index in [9.17, 15) is 30.7 Å².